The van der Waals surface area contributed by atoms with Crippen LogP contribution in [0.5, 0.6) is 5.75 Å². The van der Waals surface area contributed by atoms with Crippen LogP contribution < -0.4 is 25.0 Å². The number of nitrogens with one attached hydrogen (secondary N) is 4. The molecule has 3 amide bonds. The highest BCUT2D eigenvalue weighted by molar-refractivity contribution is 7.90. The quantitative estimate of drug-likeness (QED) is 0.0875. The third-order valence-corrected chi connectivity index (χ3v) is 13.8. The minimum atomic E-state index is -4.15. The van der Waals surface area contributed by atoms with Crippen LogP contribution in [0.1, 0.15) is 72.9 Å². The first-order chi connectivity index (χ1) is 30.8. The van der Waals surface area contributed by atoms with Gasteiger partial charge >= 0.3 is 10.2 Å². The lowest BCUT2D eigenvalue weighted by Crippen LogP contribution is -2.48. The van der Waals surface area contributed by atoms with Gasteiger partial charge in [-0.1, -0.05) is 19.1 Å². The van der Waals surface area contributed by atoms with E-state index >= 15 is 8.78 Å². The molecule has 0 saturated carbocycles. The second kappa shape index (κ2) is 18.8. The van der Waals surface area contributed by atoms with Gasteiger partial charge in [0.15, 0.2) is 11.9 Å². The molecule has 3 aliphatic rings. The number of rotatable bonds is 14. The number of benzene rings is 2. The molecule has 1 atom stereocenters. The van der Waals surface area contributed by atoms with Gasteiger partial charge in [-0.2, -0.15) is 12.7 Å². The molecule has 64 heavy (non-hydrogen) atoms. The number of nitrogens with zero attached hydrogens (tertiary/aromatic N) is 5. The molecule has 0 radical (unpaired) electrons. The van der Waals surface area contributed by atoms with Gasteiger partial charge in [-0.05, 0) is 79.6 Å². The first kappa shape index (κ1) is 44.3. The van der Waals surface area contributed by atoms with E-state index in [1.54, 1.807) is 25.4 Å². The van der Waals surface area contributed by atoms with Crippen LogP contribution >= 0.6 is 0 Å². The van der Waals surface area contributed by atoms with Gasteiger partial charge < -0.3 is 24.8 Å². The van der Waals surface area contributed by atoms with Gasteiger partial charge in [0, 0.05) is 99.3 Å². The van der Waals surface area contributed by atoms with Crippen LogP contribution in [0.25, 0.3) is 22.2 Å². The van der Waals surface area contributed by atoms with Crippen molar-refractivity contribution in [3.05, 3.63) is 102 Å². The third kappa shape index (κ3) is 9.60. The number of imide groups is 1. The number of ether oxygens (including phenoxy) is 1. The number of hydrogen-bond acceptors (Lipinski definition) is 11. The van der Waals surface area contributed by atoms with E-state index in [-0.39, 0.29) is 48.8 Å². The highest BCUT2D eigenvalue weighted by atomic mass is 32.2. The van der Waals surface area contributed by atoms with Crippen LogP contribution in [0.3, 0.4) is 0 Å². The lowest BCUT2D eigenvalue weighted by atomic mass is 9.89. The molecular formula is C45H49F2N9O7S. The topological polar surface area (TPSA) is 199 Å². The Morgan fingerprint density at radius 1 is 0.938 bits per heavy atom. The van der Waals surface area contributed by atoms with E-state index in [9.17, 15) is 27.6 Å². The molecule has 6 heterocycles. The zero-order valence-corrected chi connectivity index (χ0v) is 36.2. The molecule has 3 aliphatic heterocycles. The molecule has 0 bridgehead atoms. The van der Waals surface area contributed by atoms with E-state index in [2.05, 4.69) is 30.2 Å². The smallest absolute Gasteiger partial charge is 0.301 e. The third-order valence-electron chi connectivity index (χ3n) is 12.3. The van der Waals surface area contributed by atoms with Crippen molar-refractivity contribution in [1.82, 2.24) is 34.8 Å². The number of piperidine rings is 3. The summed E-state index contributed by atoms with van der Waals surface area (Å²) in [6.45, 7) is 4.74. The second-order valence-corrected chi connectivity index (χ2v) is 18.1. The lowest BCUT2D eigenvalue weighted by Gasteiger charge is -2.35. The summed E-state index contributed by atoms with van der Waals surface area (Å²) >= 11 is 0. The van der Waals surface area contributed by atoms with Gasteiger partial charge in [0.25, 0.3) is 5.91 Å². The van der Waals surface area contributed by atoms with Crippen molar-refractivity contribution < 1.29 is 41.1 Å². The van der Waals surface area contributed by atoms with Crippen molar-refractivity contribution in [2.75, 3.05) is 55.9 Å². The van der Waals surface area contributed by atoms with Crippen molar-refractivity contribution in [1.29, 1.82) is 0 Å². The van der Waals surface area contributed by atoms with E-state index in [1.165, 1.54) is 13.2 Å². The van der Waals surface area contributed by atoms with Gasteiger partial charge in [-0.25, -0.2) is 18.7 Å². The molecule has 19 heteroatoms. The van der Waals surface area contributed by atoms with E-state index in [0.29, 0.717) is 47.4 Å². The van der Waals surface area contributed by atoms with Crippen LogP contribution in [-0.4, -0.2) is 115 Å². The van der Waals surface area contributed by atoms with Crippen molar-refractivity contribution >= 4 is 56.3 Å². The number of anilines is 2. The molecular weight excluding hydrogens is 849 g/mol. The summed E-state index contributed by atoms with van der Waals surface area (Å²) in [7, 11) is -2.85. The van der Waals surface area contributed by atoms with Gasteiger partial charge in [0.1, 0.15) is 23.0 Å². The highest BCUT2D eigenvalue weighted by Crippen LogP contribution is 2.33. The van der Waals surface area contributed by atoms with E-state index < -0.39 is 50.9 Å². The van der Waals surface area contributed by atoms with Crippen molar-refractivity contribution in [3.8, 4) is 16.9 Å². The largest absolute Gasteiger partial charge is 0.481 e. The fraction of sp³-hybridized carbons (Fsp3) is 0.378. The minimum absolute atomic E-state index is 0.0424. The van der Waals surface area contributed by atoms with E-state index in [4.69, 9.17) is 9.72 Å². The molecule has 3 aromatic heterocycles. The fourth-order valence-corrected chi connectivity index (χ4v) is 9.30. The summed E-state index contributed by atoms with van der Waals surface area (Å²) < 4.78 is 64.7. The molecule has 4 N–H and O–H groups in total. The Labute approximate surface area is 368 Å². The maximum atomic E-state index is 15.6. The number of amides is 3. The van der Waals surface area contributed by atoms with Crippen molar-refractivity contribution in [2.45, 2.75) is 63.5 Å². The average Bonchev–Trinajstić information content (AvgIpc) is 3.74. The molecule has 5 aromatic rings. The number of likely N-dealkylation sites (tertiary alicyclic amines) is 1. The van der Waals surface area contributed by atoms with E-state index in [0.717, 1.165) is 66.6 Å². The van der Waals surface area contributed by atoms with Gasteiger partial charge in [-0.15, -0.1) is 0 Å². The van der Waals surface area contributed by atoms with Crippen LogP contribution in [0, 0.1) is 11.6 Å². The monoisotopic (exact) mass is 897 g/mol. The molecule has 336 valence electrons. The summed E-state index contributed by atoms with van der Waals surface area (Å²) in [4.78, 5) is 66.6. The van der Waals surface area contributed by atoms with E-state index in [1.807, 2.05) is 41.3 Å². The Bertz CT molecular complexity index is 2680. The zero-order valence-electron chi connectivity index (χ0n) is 35.4. The molecule has 2 aromatic carbocycles. The maximum absolute atomic E-state index is 15.6. The number of carbonyl (C=O) groups is 4. The lowest BCUT2D eigenvalue weighted by molar-refractivity contribution is -0.139. The van der Waals surface area contributed by atoms with Crippen LogP contribution in [0.4, 0.5) is 20.3 Å². The number of aromatic nitrogens is 3. The molecule has 0 aliphatic carbocycles. The summed E-state index contributed by atoms with van der Waals surface area (Å²) in [6, 6.07) is 15.1. The summed E-state index contributed by atoms with van der Waals surface area (Å²) in [5, 5.41) is 6.11. The van der Waals surface area contributed by atoms with Crippen molar-refractivity contribution in [3.63, 3.8) is 0 Å². The number of halogens is 2. The standard InChI is InChI=1S/C45H49F2N9O7S/c1-3-54(2)64(61,62)53-36-9-8-35(46)41(42(36)47)43(59)34-25-51-44-33(34)22-30(24-50-44)29-7-11-38(49-23-29)55-19-15-31(16-20-55)48-26-40(58)56-17-13-27(14-18-56)28-5-4-6-32(21-28)63-37-10-12-39(57)52-45(37)60/h4-9,11,21-25,27,31,37,48,53H,3,10,12-20,26H2,1-2H3,(H,50,51)(H,52,57,60). The number of carbonyl (C=O) groups excluding carboxylic acids is 4. The van der Waals surface area contributed by atoms with Gasteiger partial charge in [-0.3, -0.25) is 29.2 Å². The van der Waals surface area contributed by atoms with Gasteiger partial charge in [0.2, 0.25) is 17.6 Å². The molecule has 3 saturated heterocycles. The summed E-state index contributed by atoms with van der Waals surface area (Å²) in [5.41, 5.74) is 1.25. The average molecular weight is 898 g/mol. The summed E-state index contributed by atoms with van der Waals surface area (Å²) in [5.74, 6) is -2.44. The number of hydrogen-bond donors (Lipinski definition) is 4. The predicted molar refractivity (Wildman–Crippen MR) is 235 cm³/mol. The first-order valence-electron chi connectivity index (χ1n) is 21.3. The molecule has 1 unspecified atom stereocenters. The SMILES string of the molecule is CCN(C)S(=O)(=O)Nc1ccc(F)c(C(=O)c2c[nH]c3ncc(-c4ccc(N5CCC(NCC(=O)N6CCC(c7cccc(OC8CCC(=O)NC8=O)c7)CC6)CC5)nc4)cc23)c1F. The zero-order chi connectivity index (χ0) is 45.1. The predicted octanol–water partition coefficient (Wildman–Crippen LogP) is 4.89. The molecule has 0 spiro atoms. The Morgan fingerprint density at radius 3 is 2.42 bits per heavy atom. The summed E-state index contributed by atoms with van der Waals surface area (Å²) in [6.07, 6.45) is 7.82. The molecule has 8 rings (SSSR count). The second-order valence-electron chi connectivity index (χ2n) is 16.3. The Morgan fingerprint density at radius 2 is 1.70 bits per heavy atom. The highest BCUT2D eigenvalue weighted by Gasteiger charge is 2.31. The number of H-pyrrole nitrogens is 1. The van der Waals surface area contributed by atoms with Crippen molar-refractivity contribution in [2.24, 2.45) is 0 Å². The number of ketones is 1. The molecule has 3 fully saturated rings. The number of pyridine rings is 2. The Kier molecular flexibility index (Phi) is 13.0. The normalized spacial score (nSPS) is 17.8. The minimum Gasteiger partial charge on any atom is -0.481 e. The van der Waals surface area contributed by atoms with Gasteiger partial charge in [0.05, 0.1) is 17.8 Å². The van der Waals surface area contributed by atoms with Crippen LogP contribution in [-0.2, 0) is 24.6 Å². The fourth-order valence-electron chi connectivity index (χ4n) is 8.36. The van der Waals surface area contributed by atoms with Crippen LogP contribution in [0.15, 0.2) is 73.2 Å². The molecule has 16 nitrogen and oxygen atoms in total. The number of aromatic amines is 1. The maximum Gasteiger partial charge on any atom is 0.301 e. The number of fused-ring (bicyclic) bond motifs is 1. The van der Waals surface area contributed by atoms with Crippen LogP contribution in [0.2, 0.25) is 0 Å². The first-order valence-corrected chi connectivity index (χ1v) is 22.8. The Hall–Kier alpha value is -6.31. The Balaban J connectivity index is 0.822.